The van der Waals surface area contributed by atoms with Gasteiger partial charge in [0.05, 0.1) is 11.6 Å². The van der Waals surface area contributed by atoms with E-state index < -0.39 is 0 Å². The summed E-state index contributed by atoms with van der Waals surface area (Å²) in [5.74, 6) is 1.64. The number of furan rings is 1. The standard InChI is InChI=1S/C15H17Cl2NO.ClH/c1-15(2,3)18-9-11-5-7-14(19-11)12-6-4-10(16)8-13(12)17;/h4-8,18H,9H2,1-3H3;1H. The molecule has 110 valence electrons. The van der Waals surface area contributed by atoms with Gasteiger partial charge in [0.2, 0.25) is 0 Å². The van der Waals surface area contributed by atoms with Crippen LogP contribution >= 0.6 is 35.6 Å². The zero-order valence-electron chi connectivity index (χ0n) is 11.7. The van der Waals surface area contributed by atoms with E-state index in [0.717, 1.165) is 17.1 Å². The first kappa shape index (κ1) is 17.4. The van der Waals surface area contributed by atoms with Gasteiger partial charge in [-0.3, -0.25) is 0 Å². The van der Waals surface area contributed by atoms with Crippen molar-refractivity contribution in [2.24, 2.45) is 0 Å². The first-order valence-electron chi connectivity index (χ1n) is 6.14. The number of halogens is 3. The summed E-state index contributed by atoms with van der Waals surface area (Å²) in [6.45, 7) is 7.04. The Morgan fingerprint density at radius 1 is 1.10 bits per heavy atom. The van der Waals surface area contributed by atoms with Gasteiger partial charge in [0.1, 0.15) is 11.5 Å². The molecule has 2 aromatic rings. The molecule has 1 aromatic heterocycles. The average molecular weight is 335 g/mol. The predicted octanol–water partition coefficient (Wildman–Crippen LogP) is 5.56. The second kappa shape index (κ2) is 6.86. The molecule has 5 heteroatoms. The van der Waals surface area contributed by atoms with Gasteiger partial charge < -0.3 is 9.73 Å². The van der Waals surface area contributed by atoms with Gasteiger partial charge in [-0.2, -0.15) is 0 Å². The topological polar surface area (TPSA) is 25.2 Å². The van der Waals surface area contributed by atoms with Crippen molar-refractivity contribution < 1.29 is 4.42 Å². The summed E-state index contributed by atoms with van der Waals surface area (Å²) in [6, 6.07) is 9.27. The third-order valence-electron chi connectivity index (χ3n) is 2.65. The molecule has 1 aromatic carbocycles. The Bertz CT molecular complexity index is 573. The van der Waals surface area contributed by atoms with Crippen LogP contribution in [0, 0.1) is 0 Å². The molecule has 0 spiro atoms. The summed E-state index contributed by atoms with van der Waals surface area (Å²) in [7, 11) is 0. The molecule has 0 amide bonds. The summed E-state index contributed by atoms with van der Waals surface area (Å²) in [4.78, 5) is 0. The van der Waals surface area contributed by atoms with Crippen LogP contribution in [0.15, 0.2) is 34.7 Å². The molecular weight excluding hydrogens is 317 g/mol. The first-order valence-corrected chi connectivity index (χ1v) is 6.90. The largest absolute Gasteiger partial charge is 0.460 e. The second-order valence-corrected chi connectivity index (χ2v) is 6.34. The van der Waals surface area contributed by atoms with Crippen molar-refractivity contribution in [1.82, 2.24) is 5.32 Å². The monoisotopic (exact) mass is 333 g/mol. The van der Waals surface area contributed by atoms with Crippen LogP contribution in [-0.4, -0.2) is 5.54 Å². The van der Waals surface area contributed by atoms with E-state index in [2.05, 4.69) is 26.1 Å². The lowest BCUT2D eigenvalue weighted by molar-refractivity contribution is 0.391. The third kappa shape index (κ3) is 4.71. The zero-order valence-corrected chi connectivity index (χ0v) is 14.0. The fourth-order valence-corrected chi connectivity index (χ4v) is 2.16. The van der Waals surface area contributed by atoms with Gasteiger partial charge in [0.15, 0.2) is 0 Å². The van der Waals surface area contributed by atoms with Crippen molar-refractivity contribution in [2.75, 3.05) is 0 Å². The van der Waals surface area contributed by atoms with Gasteiger partial charge in [-0.05, 0) is 51.1 Å². The van der Waals surface area contributed by atoms with E-state index >= 15 is 0 Å². The molecular formula is C15H18Cl3NO. The lowest BCUT2D eigenvalue weighted by atomic mass is 10.1. The molecule has 0 aliphatic rings. The maximum absolute atomic E-state index is 6.16. The second-order valence-electron chi connectivity index (χ2n) is 5.49. The van der Waals surface area contributed by atoms with Gasteiger partial charge in [-0.15, -0.1) is 12.4 Å². The number of hydrogen-bond acceptors (Lipinski definition) is 2. The lowest BCUT2D eigenvalue weighted by Crippen LogP contribution is -2.34. The minimum atomic E-state index is 0. The maximum Gasteiger partial charge on any atom is 0.135 e. The fraction of sp³-hybridized carbons (Fsp3) is 0.333. The van der Waals surface area contributed by atoms with Gasteiger partial charge in [-0.25, -0.2) is 0 Å². The SMILES string of the molecule is CC(C)(C)NCc1ccc(-c2ccc(Cl)cc2Cl)o1.Cl. The van der Waals surface area contributed by atoms with Gasteiger partial charge in [0.25, 0.3) is 0 Å². The van der Waals surface area contributed by atoms with Crippen molar-refractivity contribution in [3.05, 3.63) is 46.1 Å². The highest BCUT2D eigenvalue weighted by Gasteiger charge is 2.12. The van der Waals surface area contributed by atoms with E-state index in [1.807, 2.05) is 18.2 Å². The van der Waals surface area contributed by atoms with E-state index in [-0.39, 0.29) is 17.9 Å². The molecule has 20 heavy (non-hydrogen) atoms. The van der Waals surface area contributed by atoms with Crippen LogP contribution in [-0.2, 0) is 6.54 Å². The molecule has 0 aliphatic carbocycles. The summed E-state index contributed by atoms with van der Waals surface area (Å²) >= 11 is 12.0. The third-order valence-corrected chi connectivity index (χ3v) is 3.20. The Balaban J connectivity index is 0.00000200. The minimum absolute atomic E-state index is 0. The van der Waals surface area contributed by atoms with Crippen LogP contribution < -0.4 is 5.32 Å². The Labute approximate surface area is 135 Å². The van der Waals surface area contributed by atoms with E-state index in [1.165, 1.54) is 0 Å². The van der Waals surface area contributed by atoms with Gasteiger partial charge in [0, 0.05) is 16.1 Å². The molecule has 0 radical (unpaired) electrons. The molecule has 0 saturated heterocycles. The molecule has 1 heterocycles. The molecule has 2 nitrogen and oxygen atoms in total. The zero-order chi connectivity index (χ0) is 14.0. The number of benzene rings is 1. The Kier molecular flexibility index (Phi) is 5.96. The van der Waals surface area contributed by atoms with Crippen LogP contribution in [0.5, 0.6) is 0 Å². The summed E-state index contributed by atoms with van der Waals surface area (Å²) in [5.41, 5.74) is 0.915. The number of nitrogens with one attached hydrogen (secondary N) is 1. The van der Waals surface area contributed by atoms with Crippen molar-refractivity contribution in [2.45, 2.75) is 32.9 Å². The smallest absolute Gasteiger partial charge is 0.135 e. The molecule has 0 bridgehead atoms. The van der Waals surface area contributed by atoms with Crippen LogP contribution in [0.3, 0.4) is 0 Å². The quantitative estimate of drug-likeness (QED) is 0.794. The van der Waals surface area contributed by atoms with Crippen LogP contribution in [0.4, 0.5) is 0 Å². The first-order chi connectivity index (χ1) is 8.85. The Morgan fingerprint density at radius 3 is 2.40 bits per heavy atom. The van der Waals surface area contributed by atoms with E-state index in [0.29, 0.717) is 16.6 Å². The predicted molar refractivity (Wildman–Crippen MR) is 88.0 cm³/mol. The van der Waals surface area contributed by atoms with Gasteiger partial charge in [-0.1, -0.05) is 23.2 Å². The van der Waals surface area contributed by atoms with Crippen molar-refractivity contribution in [3.63, 3.8) is 0 Å². The fourth-order valence-electron chi connectivity index (χ4n) is 1.66. The summed E-state index contributed by atoms with van der Waals surface area (Å²) < 4.78 is 5.80. The van der Waals surface area contributed by atoms with Crippen molar-refractivity contribution in [1.29, 1.82) is 0 Å². The molecule has 0 unspecified atom stereocenters. The molecule has 2 rings (SSSR count). The van der Waals surface area contributed by atoms with Crippen molar-refractivity contribution in [3.8, 4) is 11.3 Å². The van der Waals surface area contributed by atoms with Crippen LogP contribution in [0.25, 0.3) is 11.3 Å². The molecule has 0 atom stereocenters. The summed E-state index contributed by atoms with van der Waals surface area (Å²) in [6.07, 6.45) is 0. The van der Waals surface area contributed by atoms with Crippen molar-refractivity contribution >= 4 is 35.6 Å². The average Bonchev–Trinajstić information content (AvgIpc) is 2.74. The Morgan fingerprint density at radius 2 is 1.80 bits per heavy atom. The highest BCUT2D eigenvalue weighted by molar-refractivity contribution is 6.36. The van der Waals surface area contributed by atoms with E-state index in [4.69, 9.17) is 27.6 Å². The highest BCUT2D eigenvalue weighted by atomic mass is 35.5. The number of rotatable bonds is 3. The molecule has 0 fully saturated rings. The van der Waals surface area contributed by atoms with Crippen LogP contribution in [0.1, 0.15) is 26.5 Å². The Hall–Kier alpha value is -0.670. The maximum atomic E-state index is 6.16. The molecule has 0 saturated carbocycles. The molecule has 0 aliphatic heterocycles. The van der Waals surface area contributed by atoms with E-state index in [1.54, 1.807) is 12.1 Å². The summed E-state index contributed by atoms with van der Waals surface area (Å²) in [5, 5.41) is 4.59. The molecule has 1 N–H and O–H groups in total. The minimum Gasteiger partial charge on any atom is -0.460 e. The van der Waals surface area contributed by atoms with E-state index in [9.17, 15) is 0 Å². The number of hydrogen-bond donors (Lipinski definition) is 1. The van der Waals surface area contributed by atoms with Gasteiger partial charge >= 0.3 is 0 Å². The van der Waals surface area contributed by atoms with Crippen LogP contribution in [0.2, 0.25) is 10.0 Å². The normalized spacial score (nSPS) is 11.2. The highest BCUT2D eigenvalue weighted by Crippen LogP contribution is 2.31. The lowest BCUT2D eigenvalue weighted by Gasteiger charge is -2.19.